The number of esters is 1. The van der Waals surface area contributed by atoms with Gasteiger partial charge in [-0.15, -0.1) is 11.6 Å². The number of unbranched alkanes of at least 4 members (excludes halogenated alkanes) is 5. The maximum absolute atomic E-state index is 12.5. The quantitative estimate of drug-likeness (QED) is 0.133. The van der Waals surface area contributed by atoms with Gasteiger partial charge in [-0.05, 0) is 65.7 Å². The molecular formula is C24H38BrClN2O2. The topological polar surface area (TPSA) is 64.3 Å². The Hall–Kier alpha value is -0.780. The lowest BCUT2D eigenvalue weighted by Gasteiger charge is -2.38. The standard InChI is InChI=1S/C24H38BrClN2O2/c1-2-24(12-8-7-9-13-24)28-18-20-16-19(17-21(25)22(20)27)23(29)30-15-11-6-4-3-5-10-14-26/h16-17,28H,2-15,18,27H2,1H3. The summed E-state index contributed by atoms with van der Waals surface area (Å²) in [7, 11) is 0. The van der Waals surface area contributed by atoms with Crippen molar-refractivity contribution < 1.29 is 9.53 Å². The Morgan fingerprint density at radius 2 is 1.80 bits per heavy atom. The first-order valence-electron chi connectivity index (χ1n) is 11.6. The van der Waals surface area contributed by atoms with Crippen LogP contribution in [0.4, 0.5) is 5.69 Å². The minimum atomic E-state index is -0.276. The van der Waals surface area contributed by atoms with Crippen LogP contribution in [-0.4, -0.2) is 24.0 Å². The van der Waals surface area contributed by atoms with Crippen LogP contribution in [0.2, 0.25) is 0 Å². The van der Waals surface area contributed by atoms with Crippen molar-refractivity contribution in [1.82, 2.24) is 5.32 Å². The number of nitrogen functional groups attached to an aromatic ring is 1. The normalized spacial score (nSPS) is 15.8. The molecule has 1 fully saturated rings. The highest BCUT2D eigenvalue weighted by molar-refractivity contribution is 9.10. The second-order valence-electron chi connectivity index (χ2n) is 8.53. The van der Waals surface area contributed by atoms with E-state index in [0.29, 0.717) is 24.4 Å². The van der Waals surface area contributed by atoms with Gasteiger partial charge in [0.05, 0.1) is 17.9 Å². The minimum absolute atomic E-state index is 0.192. The lowest BCUT2D eigenvalue weighted by atomic mass is 9.79. The number of alkyl halides is 1. The van der Waals surface area contributed by atoms with Gasteiger partial charge >= 0.3 is 5.97 Å². The number of benzene rings is 1. The van der Waals surface area contributed by atoms with Crippen LogP contribution < -0.4 is 11.1 Å². The van der Waals surface area contributed by atoms with E-state index in [0.717, 1.165) is 48.0 Å². The highest BCUT2D eigenvalue weighted by atomic mass is 79.9. The van der Waals surface area contributed by atoms with E-state index in [2.05, 4.69) is 28.2 Å². The summed E-state index contributed by atoms with van der Waals surface area (Å²) in [6, 6.07) is 3.65. The van der Waals surface area contributed by atoms with Gasteiger partial charge in [0, 0.05) is 22.4 Å². The molecule has 0 saturated heterocycles. The molecule has 170 valence electrons. The highest BCUT2D eigenvalue weighted by Gasteiger charge is 2.29. The van der Waals surface area contributed by atoms with E-state index in [4.69, 9.17) is 22.1 Å². The highest BCUT2D eigenvalue weighted by Crippen LogP contribution is 2.32. The number of nitrogens with one attached hydrogen (secondary N) is 1. The van der Waals surface area contributed by atoms with Gasteiger partial charge in [0.15, 0.2) is 0 Å². The van der Waals surface area contributed by atoms with E-state index in [1.807, 2.05) is 6.07 Å². The molecule has 4 nitrogen and oxygen atoms in total. The summed E-state index contributed by atoms with van der Waals surface area (Å²) in [4.78, 5) is 12.5. The fourth-order valence-corrected chi connectivity index (χ4v) is 4.95. The van der Waals surface area contributed by atoms with E-state index >= 15 is 0 Å². The fourth-order valence-electron chi connectivity index (χ4n) is 4.26. The first-order valence-corrected chi connectivity index (χ1v) is 12.9. The van der Waals surface area contributed by atoms with E-state index in [1.54, 1.807) is 6.07 Å². The number of hydrogen-bond donors (Lipinski definition) is 2. The summed E-state index contributed by atoms with van der Waals surface area (Å²) >= 11 is 9.20. The van der Waals surface area contributed by atoms with E-state index in [1.165, 1.54) is 44.9 Å². The van der Waals surface area contributed by atoms with Gasteiger partial charge in [0.1, 0.15) is 0 Å². The predicted molar refractivity (Wildman–Crippen MR) is 130 cm³/mol. The zero-order valence-electron chi connectivity index (χ0n) is 18.4. The second kappa shape index (κ2) is 13.6. The van der Waals surface area contributed by atoms with E-state index < -0.39 is 0 Å². The number of anilines is 1. The smallest absolute Gasteiger partial charge is 0.338 e. The minimum Gasteiger partial charge on any atom is -0.462 e. The summed E-state index contributed by atoms with van der Waals surface area (Å²) in [5.41, 5.74) is 8.69. The lowest BCUT2D eigenvalue weighted by Crippen LogP contribution is -2.45. The van der Waals surface area contributed by atoms with Gasteiger partial charge in [0.2, 0.25) is 0 Å². The van der Waals surface area contributed by atoms with Crippen molar-refractivity contribution in [3.8, 4) is 0 Å². The summed E-state index contributed by atoms with van der Waals surface area (Å²) in [5, 5.41) is 3.75. The molecule has 0 aliphatic heterocycles. The summed E-state index contributed by atoms with van der Waals surface area (Å²) in [5.74, 6) is 0.466. The maximum atomic E-state index is 12.5. The fraction of sp³-hybridized carbons (Fsp3) is 0.708. The van der Waals surface area contributed by atoms with Gasteiger partial charge < -0.3 is 15.8 Å². The van der Waals surface area contributed by atoms with Gasteiger partial charge in [-0.3, -0.25) is 0 Å². The van der Waals surface area contributed by atoms with Gasteiger partial charge in [-0.25, -0.2) is 4.79 Å². The van der Waals surface area contributed by atoms with Crippen molar-refractivity contribution in [1.29, 1.82) is 0 Å². The van der Waals surface area contributed by atoms with Crippen LogP contribution in [0.1, 0.15) is 99.9 Å². The van der Waals surface area contributed by atoms with Gasteiger partial charge in [-0.2, -0.15) is 0 Å². The van der Waals surface area contributed by atoms with Crippen molar-refractivity contribution in [3.63, 3.8) is 0 Å². The molecule has 1 saturated carbocycles. The Morgan fingerprint density at radius 1 is 1.13 bits per heavy atom. The van der Waals surface area contributed by atoms with Crippen LogP contribution in [0.25, 0.3) is 0 Å². The van der Waals surface area contributed by atoms with Crippen molar-refractivity contribution in [2.24, 2.45) is 0 Å². The van der Waals surface area contributed by atoms with Crippen LogP contribution >= 0.6 is 27.5 Å². The van der Waals surface area contributed by atoms with Crippen LogP contribution in [0.5, 0.6) is 0 Å². The molecule has 30 heavy (non-hydrogen) atoms. The summed E-state index contributed by atoms with van der Waals surface area (Å²) in [6.45, 7) is 3.38. The van der Waals surface area contributed by atoms with Gasteiger partial charge in [-0.1, -0.05) is 51.9 Å². The molecule has 0 unspecified atom stereocenters. The molecule has 1 aliphatic carbocycles. The van der Waals surface area contributed by atoms with Crippen LogP contribution in [0, 0.1) is 0 Å². The third-order valence-corrected chi connectivity index (χ3v) is 7.28. The molecule has 2 rings (SSSR count). The van der Waals surface area contributed by atoms with Crippen LogP contribution in [0.3, 0.4) is 0 Å². The van der Waals surface area contributed by atoms with Crippen molar-refractivity contribution in [2.75, 3.05) is 18.2 Å². The third kappa shape index (κ3) is 8.05. The zero-order valence-corrected chi connectivity index (χ0v) is 20.8. The molecule has 0 atom stereocenters. The molecule has 1 aromatic carbocycles. The number of ether oxygens (including phenoxy) is 1. The molecule has 0 heterocycles. The number of nitrogens with two attached hydrogens (primary N) is 1. The molecule has 0 radical (unpaired) electrons. The molecule has 6 heteroatoms. The Bertz CT molecular complexity index is 663. The average molecular weight is 502 g/mol. The molecule has 1 aliphatic rings. The lowest BCUT2D eigenvalue weighted by molar-refractivity contribution is 0.0497. The van der Waals surface area contributed by atoms with Crippen LogP contribution in [0.15, 0.2) is 16.6 Å². The molecule has 0 bridgehead atoms. The van der Waals surface area contributed by atoms with Crippen molar-refractivity contribution in [2.45, 2.75) is 96.1 Å². The summed E-state index contributed by atoms with van der Waals surface area (Å²) < 4.78 is 6.25. The first kappa shape index (κ1) is 25.5. The molecule has 0 amide bonds. The number of hydrogen-bond acceptors (Lipinski definition) is 4. The average Bonchev–Trinajstić information content (AvgIpc) is 2.77. The first-order chi connectivity index (χ1) is 14.5. The Morgan fingerprint density at radius 3 is 2.47 bits per heavy atom. The Labute approximate surface area is 195 Å². The molecule has 0 spiro atoms. The third-order valence-electron chi connectivity index (χ3n) is 6.35. The Kier molecular flexibility index (Phi) is 11.5. The molecule has 3 N–H and O–H groups in total. The van der Waals surface area contributed by atoms with E-state index in [-0.39, 0.29) is 11.5 Å². The molecule has 1 aromatic rings. The second-order valence-corrected chi connectivity index (χ2v) is 9.76. The monoisotopic (exact) mass is 500 g/mol. The number of rotatable bonds is 13. The SMILES string of the molecule is CCC1(NCc2cc(C(=O)OCCCCCCCCCl)cc(Br)c2N)CCCCC1. The number of carbonyl (C=O) groups is 1. The van der Waals surface area contributed by atoms with Gasteiger partial charge in [0.25, 0.3) is 0 Å². The maximum Gasteiger partial charge on any atom is 0.338 e. The zero-order chi connectivity index (χ0) is 21.8. The largest absolute Gasteiger partial charge is 0.462 e. The van der Waals surface area contributed by atoms with Crippen molar-refractivity contribution in [3.05, 3.63) is 27.7 Å². The number of carbonyl (C=O) groups excluding carboxylic acids is 1. The molecule has 0 aromatic heterocycles. The summed E-state index contributed by atoms with van der Waals surface area (Å²) in [6.07, 6.45) is 14.0. The predicted octanol–water partition coefficient (Wildman–Crippen LogP) is 6.97. The van der Waals surface area contributed by atoms with Crippen molar-refractivity contribution >= 4 is 39.2 Å². The molecular weight excluding hydrogens is 464 g/mol. The Balaban J connectivity index is 1.86. The van der Waals surface area contributed by atoms with Crippen LogP contribution in [-0.2, 0) is 11.3 Å². The number of halogens is 2. The van der Waals surface area contributed by atoms with E-state index in [9.17, 15) is 4.79 Å².